The highest BCUT2D eigenvalue weighted by Gasteiger charge is 2.27. The van der Waals surface area contributed by atoms with Crippen molar-refractivity contribution in [3.05, 3.63) is 29.3 Å². The first-order chi connectivity index (χ1) is 8.88. The van der Waals surface area contributed by atoms with Crippen LogP contribution in [0.15, 0.2) is 24.3 Å². The molecule has 0 unspecified atom stereocenters. The zero-order valence-corrected chi connectivity index (χ0v) is 12.3. The number of nitrogens with one attached hydrogen (secondary N) is 1. The number of para-hydroxylation sites is 1. The normalized spacial score (nSPS) is 13.5. The molecule has 0 saturated carbocycles. The summed E-state index contributed by atoms with van der Waals surface area (Å²) in [6.45, 7) is 6.29. The molecule has 1 aromatic heterocycles. The predicted molar refractivity (Wildman–Crippen MR) is 78.9 cm³/mol. The lowest BCUT2D eigenvalue weighted by molar-refractivity contribution is -0.124. The van der Waals surface area contributed by atoms with Gasteiger partial charge in [-0.25, -0.2) is 4.98 Å². The number of amides is 1. The fraction of sp³-hybridized carbons (Fsp3) is 0.429. The van der Waals surface area contributed by atoms with Gasteiger partial charge in [-0.05, 0) is 17.5 Å². The molecule has 0 aliphatic heterocycles. The van der Waals surface area contributed by atoms with Crippen LogP contribution in [0.2, 0.25) is 0 Å². The Morgan fingerprint density at radius 3 is 2.74 bits per heavy atom. The number of fused-ring (bicyclic) bond motifs is 1. The summed E-state index contributed by atoms with van der Waals surface area (Å²) in [7, 11) is 0. The maximum Gasteiger partial charge on any atom is 0.237 e. The van der Waals surface area contributed by atoms with Gasteiger partial charge < -0.3 is 11.1 Å². The maximum atomic E-state index is 11.9. The minimum atomic E-state index is -0.512. The van der Waals surface area contributed by atoms with E-state index in [4.69, 9.17) is 5.73 Å². The molecule has 0 saturated heterocycles. The summed E-state index contributed by atoms with van der Waals surface area (Å²) >= 11 is 1.59. The van der Waals surface area contributed by atoms with Crippen molar-refractivity contribution in [2.45, 2.75) is 33.4 Å². The average Bonchev–Trinajstić information content (AvgIpc) is 2.76. The Morgan fingerprint density at radius 2 is 2.11 bits per heavy atom. The third kappa shape index (κ3) is 3.30. The van der Waals surface area contributed by atoms with Gasteiger partial charge in [0.15, 0.2) is 0 Å². The quantitative estimate of drug-likeness (QED) is 0.904. The summed E-state index contributed by atoms with van der Waals surface area (Å²) in [4.78, 5) is 16.4. The van der Waals surface area contributed by atoms with Crippen molar-refractivity contribution in [2.24, 2.45) is 11.1 Å². The number of rotatable bonds is 3. The number of hydrogen-bond acceptors (Lipinski definition) is 4. The van der Waals surface area contributed by atoms with Crippen LogP contribution in [0.3, 0.4) is 0 Å². The molecular weight excluding hydrogens is 258 g/mol. The van der Waals surface area contributed by atoms with Gasteiger partial charge in [-0.2, -0.15) is 0 Å². The van der Waals surface area contributed by atoms with Crippen LogP contribution in [0, 0.1) is 5.41 Å². The summed E-state index contributed by atoms with van der Waals surface area (Å²) in [5.41, 5.74) is 6.64. The Hall–Kier alpha value is -1.46. The molecule has 0 aliphatic carbocycles. The first-order valence-corrected chi connectivity index (χ1v) is 7.07. The maximum absolute atomic E-state index is 11.9. The highest BCUT2D eigenvalue weighted by atomic mass is 32.1. The van der Waals surface area contributed by atoms with Crippen molar-refractivity contribution >= 4 is 27.5 Å². The highest BCUT2D eigenvalue weighted by molar-refractivity contribution is 7.18. The summed E-state index contributed by atoms with van der Waals surface area (Å²) in [6, 6.07) is 7.43. The Labute approximate surface area is 117 Å². The van der Waals surface area contributed by atoms with E-state index in [0.29, 0.717) is 6.54 Å². The standard InChI is InChI=1S/C14H19N3OS/c1-14(2,3)12(15)13(18)16-8-11-17-9-6-4-5-7-10(9)19-11/h4-7,12H,8,15H2,1-3H3,(H,16,18)/t12-/m1/s1. The summed E-state index contributed by atoms with van der Waals surface area (Å²) < 4.78 is 1.13. The lowest BCUT2D eigenvalue weighted by Gasteiger charge is -2.25. The van der Waals surface area contributed by atoms with Crippen LogP contribution in [0.25, 0.3) is 10.2 Å². The summed E-state index contributed by atoms with van der Waals surface area (Å²) in [5, 5.41) is 3.75. The molecule has 1 aromatic carbocycles. The van der Waals surface area contributed by atoms with Gasteiger partial charge in [0.05, 0.1) is 22.8 Å². The van der Waals surface area contributed by atoms with Gasteiger partial charge in [0, 0.05) is 0 Å². The number of nitrogens with zero attached hydrogens (tertiary/aromatic N) is 1. The van der Waals surface area contributed by atoms with E-state index in [1.165, 1.54) is 0 Å². The Kier molecular flexibility index (Phi) is 3.87. The van der Waals surface area contributed by atoms with Gasteiger partial charge in [-0.3, -0.25) is 4.79 Å². The minimum absolute atomic E-state index is 0.133. The molecule has 5 heteroatoms. The minimum Gasteiger partial charge on any atom is -0.348 e. The molecule has 0 bridgehead atoms. The van der Waals surface area contributed by atoms with Gasteiger partial charge in [0.2, 0.25) is 5.91 Å². The molecule has 0 aliphatic rings. The van der Waals surface area contributed by atoms with E-state index in [0.717, 1.165) is 15.2 Å². The van der Waals surface area contributed by atoms with E-state index in [1.807, 2.05) is 45.0 Å². The van der Waals surface area contributed by atoms with Gasteiger partial charge in [-0.1, -0.05) is 32.9 Å². The SMILES string of the molecule is CC(C)(C)[C@H](N)C(=O)NCc1nc2ccccc2s1. The second-order valence-corrected chi connectivity index (χ2v) is 6.75. The molecule has 1 amide bonds. The van der Waals surface area contributed by atoms with Crippen LogP contribution >= 0.6 is 11.3 Å². The van der Waals surface area contributed by atoms with Crippen molar-refractivity contribution in [1.82, 2.24) is 10.3 Å². The molecule has 19 heavy (non-hydrogen) atoms. The van der Waals surface area contributed by atoms with Crippen LogP contribution in [0.4, 0.5) is 0 Å². The first-order valence-electron chi connectivity index (χ1n) is 6.25. The molecule has 0 radical (unpaired) electrons. The van der Waals surface area contributed by atoms with Crippen molar-refractivity contribution < 1.29 is 4.79 Å². The van der Waals surface area contributed by atoms with Crippen LogP contribution in [-0.2, 0) is 11.3 Å². The highest BCUT2D eigenvalue weighted by Crippen LogP contribution is 2.21. The number of benzene rings is 1. The zero-order chi connectivity index (χ0) is 14.0. The number of thiazole rings is 1. The van der Waals surface area contributed by atoms with Crippen LogP contribution in [0.1, 0.15) is 25.8 Å². The molecule has 2 aromatic rings. The number of carbonyl (C=O) groups is 1. The second kappa shape index (κ2) is 5.27. The van der Waals surface area contributed by atoms with Crippen molar-refractivity contribution in [1.29, 1.82) is 0 Å². The Balaban J connectivity index is 2.01. The molecule has 0 fully saturated rings. The molecule has 2 rings (SSSR count). The zero-order valence-electron chi connectivity index (χ0n) is 11.4. The predicted octanol–water partition coefficient (Wildman–Crippen LogP) is 2.29. The Bertz CT molecular complexity index is 553. The van der Waals surface area contributed by atoms with Crippen LogP contribution in [-0.4, -0.2) is 16.9 Å². The number of aromatic nitrogens is 1. The third-order valence-corrected chi connectivity index (χ3v) is 4.00. The molecule has 102 valence electrons. The van der Waals surface area contributed by atoms with Crippen molar-refractivity contribution in [2.75, 3.05) is 0 Å². The molecular formula is C14H19N3OS. The van der Waals surface area contributed by atoms with Gasteiger partial charge in [0.25, 0.3) is 0 Å². The van der Waals surface area contributed by atoms with E-state index >= 15 is 0 Å². The smallest absolute Gasteiger partial charge is 0.237 e. The molecule has 3 N–H and O–H groups in total. The van der Waals surface area contributed by atoms with Gasteiger partial charge in [-0.15, -0.1) is 11.3 Å². The lowest BCUT2D eigenvalue weighted by atomic mass is 9.87. The van der Waals surface area contributed by atoms with Gasteiger partial charge in [0.1, 0.15) is 5.01 Å². The summed E-state index contributed by atoms with van der Waals surface area (Å²) in [5.74, 6) is -0.133. The van der Waals surface area contributed by atoms with E-state index in [-0.39, 0.29) is 11.3 Å². The number of nitrogens with two attached hydrogens (primary N) is 1. The van der Waals surface area contributed by atoms with E-state index in [2.05, 4.69) is 10.3 Å². The fourth-order valence-electron chi connectivity index (χ4n) is 1.66. The second-order valence-electron chi connectivity index (χ2n) is 5.64. The van der Waals surface area contributed by atoms with Crippen LogP contribution < -0.4 is 11.1 Å². The first kappa shape index (κ1) is 14.0. The molecule has 4 nitrogen and oxygen atoms in total. The third-order valence-electron chi connectivity index (χ3n) is 2.97. The van der Waals surface area contributed by atoms with E-state index < -0.39 is 6.04 Å². The van der Waals surface area contributed by atoms with Gasteiger partial charge >= 0.3 is 0 Å². The van der Waals surface area contributed by atoms with E-state index in [9.17, 15) is 4.79 Å². The number of carbonyl (C=O) groups excluding carboxylic acids is 1. The monoisotopic (exact) mass is 277 g/mol. The largest absolute Gasteiger partial charge is 0.348 e. The topological polar surface area (TPSA) is 68.0 Å². The van der Waals surface area contributed by atoms with Crippen LogP contribution in [0.5, 0.6) is 0 Å². The van der Waals surface area contributed by atoms with E-state index in [1.54, 1.807) is 11.3 Å². The Morgan fingerprint density at radius 1 is 1.42 bits per heavy atom. The fourth-order valence-corrected chi connectivity index (χ4v) is 2.57. The molecule has 1 heterocycles. The van der Waals surface area contributed by atoms with Crippen molar-refractivity contribution in [3.8, 4) is 0 Å². The average molecular weight is 277 g/mol. The number of hydrogen-bond donors (Lipinski definition) is 2. The van der Waals surface area contributed by atoms with Crippen molar-refractivity contribution in [3.63, 3.8) is 0 Å². The summed E-state index contributed by atoms with van der Waals surface area (Å²) in [6.07, 6.45) is 0. The molecule has 0 spiro atoms. The lowest BCUT2D eigenvalue weighted by Crippen LogP contribution is -2.48. The molecule has 1 atom stereocenters.